The molecule has 3 rings (SSSR count). The molecule has 1 aliphatic rings. The second-order valence-electron chi connectivity index (χ2n) is 6.11. The first-order valence-corrected chi connectivity index (χ1v) is 10.8. The zero-order valence-electron chi connectivity index (χ0n) is 14.5. The highest BCUT2D eigenvalue weighted by Gasteiger charge is 2.26. The molecule has 1 aliphatic heterocycles. The molecule has 26 heavy (non-hydrogen) atoms. The minimum absolute atomic E-state index is 0.144. The summed E-state index contributed by atoms with van der Waals surface area (Å²) < 4.78 is 27.0. The van der Waals surface area contributed by atoms with Gasteiger partial charge in [0.25, 0.3) is 5.91 Å². The molecule has 0 saturated carbocycles. The van der Waals surface area contributed by atoms with Crippen LogP contribution in [-0.4, -0.2) is 37.4 Å². The third-order valence-corrected chi connectivity index (χ3v) is 7.13. The number of benzene rings is 1. The summed E-state index contributed by atoms with van der Waals surface area (Å²) in [6.45, 7) is 2.87. The lowest BCUT2D eigenvalue weighted by atomic mass is 10.2. The molecule has 1 saturated heterocycles. The maximum Gasteiger partial charge on any atom is 0.271 e. The lowest BCUT2D eigenvalue weighted by Crippen LogP contribution is -2.35. The predicted molar refractivity (Wildman–Crippen MR) is 103 cm³/mol. The number of hydrogen-bond donors (Lipinski definition) is 1. The minimum atomic E-state index is -3.57. The van der Waals surface area contributed by atoms with Gasteiger partial charge in [0, 0.05) is 23.5 Å². The Balaban J connectivity index is 1.76. The van der Waals surface area contributed by atoms with Gasteiger partial charge in [-0.1, -0.05) is 18.6 Å². The Bertz CT molecular complexity index is 900. The third kappa shape index (κ3) is 4.20. The molecule has 1 aromatic carbocycles. The zero-order valence-corrected chi connectivity index (χ0v) is 16.1. The summed E-state index contributed by atoms with van der Waals surface area (Å²) in [6.07, 6.45) is 2.79. The highest BCUT2D eigenvalue weighted by Crippen LogP contribution is 2.21. The van der Waals surface area contributed by atoms with Crippen LogP contribution in [-0.2, 0) is 10.0 Å². The molecule has 0 bridgehead atoms. The van der Waals surface area contributed by atoms with Gasteiger partial charge in [0.2, 0.25) is 10.0 Å². The SMILES string of the molecule is C/C(=N/NC(=O)c1cccc(S(=O)(=O)N2CCCCC2)c1)c1cccs1. The molecule has 138 valence electrons. The fraction of sp³-hybridized carbons (Fsp3) is 0.333. The van der Waals surface area contributed by atoms with Crippen LogP contribution in [0.2, 0.25) is 0 Å². The maximum absolute atomic E-state index is 12.8. The van der Waals surface area contributed by atoms with E-state index in [1.165, 1.54) is 27.8 Å². The van der Waals surface area contributed by atoms with E-state index < -0.39 is 15.9 Å². The molecule has 0 unspecified atom stereocenters. The number of carbonyl (C=O) groups is 1. The molecule has 1 fully saturated rings. The molecule has 0 spiro atoms. The molecule has 1 N–H and O–H groups in total. The Morgan fingerprint density at radius 1 is 1.15 bits per heavy atom. The number of sulfonamides is 1. The Morgan fingerprint density at radius 3 is 2.62 bits per heavy atom. The number of hydrazone groups is 1. The van der Waals surface area contributed by atoms with E-state index in [2.05, 4.69) is 10.5 Å². The minimum Gasteiger partial charge on any atom is -0.267 e. The lowest BCUT2D eigenvalue weighted by molar-refractivity contribution is 0.0954. The quantitative estimate of drug-likeness (QED) is 0.628. The van der Waals surface area contributed by atoms with Crippen molar-refractivity contribution >= 4 is 33.0 Å². The van der Waals surface area contributed by atoms with Crippen molar-refractivity contribution in [2.45, 2.75) is 31.1 Å². The number of thiophene rings is 1. The average Bonchev–Trinajstić information content (AvgIpc) is 3.21. The number of hydrogen-bond acceptors (Lipinski definition) is 5. The fourth-order valence-corrected chi connectivity index (χ4v) is 5.03. The van der Waals surface area contributed by atoms with Crippen molar-refractivity contribution in [3.8, 4) is 0 Å². The fourth-order valence-electron chi connectivity index (χ4n) is 2.79. The molecule has 2 heterocycles. The van der Waals surface area contributed by atoms with Crippen molar-refractivity contribution in [2.75, 3.05) is 13.1 Å². The molecule has 2 aromatic rings. The first-order valence-electron chi connectivity index (χ1n) is 8.47. The van der Waals surface area contributed by atoms with Crippen molar-refractivity contribution in [3.63, 3.8) is 0 Å². The van der Waals surface area contributed by atoms with Gasteiger partial charge in [0.1, 0.15) is 0 Å². The van der Waals surface area contributed by atoms with Crippen LogP contribution >= 0.6 is 11.3 Å². The molecule has 8 heteroatoms. The summed E-state index contributed by atoms with van der Waals surface area (Å²) in [6, 6.07) is 9.94. The first kappa shape index (κ1) is 18.8. The van der Waals surface area contributed by atoms with E-state index >= 15 is 0 Å². The van der Waals surface area contributed by atoms with Crippen molar-refractivity contribution < 1.29 is 13.2 Å². The Kier molecular flexibility index (Phi) is 5.85. The average molecular weight is 392 g/mol. The van der Waals surface area contributed by atoms with Crippen molar-refractivity contribution in [1.29, 1.82) is 0 Å². The van der Waals surface area contributed by atoms with E-state index in [1.807, 2.05) is 24.4 Å². The van der Waals surface area contributed by atoms with E-state index in [4.69, 9.17) is 0 Å². The maximum atomic E-state index is 12.8. The summed E-state index contributed by atoms with van der Waals surface area (Å²) in [7, 11) is -3.57. The van der Waals surface area contributed by atoms with E-state index in [-0.39, 0.29) is 10.5 Å². The highest BCUT2D eigenvalue weighted by atomic mass is 32.2. The van der Waals surface area contributed by atoms with Crippen molar-refractivity contribution in [1.82, 2.24) is 9.73 Å². The molecule has 0 atom stereocenters. The second-order valence-corrected chi connectivity index (χ2v) is 8.99. The summed E-state index contributed by atoms with van der Waals surface area (Å²) in [4.78, 5) is 13.5. The van der Waals surface area contributed by atoms with Crippen LogP contribution in [0.25, 0.3) is 0 Å². The van der Waals surface area contributed by atoms with Gasteiger partial charge in [0.05, 0.1) is 10.6 Å². The molecule has 6 nitrogen and oxygen atoms in total. The summed E-state index contributed by atoms with van der Waals surface area (Å²) in [5.74, 6) is -0.434. The van der Waals surface area contributed by atoms with Gasteiger partial charge in [-0.15, -0.1) is 11.3 Å². The number of piperidine rings is 1. The standard InChI is InChI=1S/C18H21N3O3S2/c1-14(17-9-6-12-25-17)19-20-18(22)15-7-5-8-16(13-15)26(23,24)21-10-3-2-4-11-21/h5-9,12-13H,2-4,10-11H2,1H3,(H,20,22)/b19-14-. The number of amides is 1. The first-order chi connectivity index (χ1) is 12.5. The highest BCUT2D eigenvalue weighted by molar-refractivity contribution is 7.89. The normalized spacial score (nSPS) is 16.4. The van der Waals surface area contributed by atoms with Crippen LogP contribution in [0.1, 0.15) is 41.4 Å². The van der Waals surface area contributed by atoms with E-state index in [9.17, 15) is 13.2 Å². The number of rotatable bonds is 5. The van der Waals surface area contributed by atoms with E-state index in [0.29, 0.717) is 18.8 Å². The number of carbonyl (C=O) groups excluding carboxylic acids is 1. The second kappa shape index (κ2) is 8.11. The van der Waals surface area contributed by atoms with Gasteiger partial charge >= 0.3 is 0 Å². The molecule has 0 aliphatic carbocycles. The van der Waals surface area contributed by atoms with Gasteiger partial charge in [-0.3, -0.25) is 4.79 Å². The van der Waals surface area contributed by atoms with Crippen LogP contribution in [0, 0.1) is 0 Å². The third-order valence-electron chi connectivity index (χ3n) is 4.25. The monoisotopic (exact) mass is 391 g/mol. The van der Waals surface area contributed by atoms with Crippen LogP contribution in [0.4, 0.5) is 0 Å². The smallest absolute Gasteiger partial charge is 0.267 e. The number of nitrogens with zero attached hydrogens (tertiary/aromatic N) is 2. The predicted octanol–water partition coefficient (Wildman–Crippen LogP) is 3.08. The van der Waals surface area contributed by atoms with Crippen molar-refractivity contribution in [3.05, 3.63) is 52.2 Å². The Morgan fingerprint density at radius 2 is 1.92 bits per heavy atom. The zero-order chi connectivity index (χ0) is 18.6. The summed E-state index contributed by atoms with van der Waals surface area (Å²) >= 11 is 1.53. The Hall–Kier alpha value is -2.03. The molecule has 1 amide bonds. The van der Waals surface area contributed by atoms with Crippen molar-refractivity contribution in [2.24, 2.45) is 5.10 Å². The van der Waals surface area contributed by atoms with Crippen LogP contribution in [0.15, 0.2) is 51.8 Å². The van der Waals surface area contributed by atoms with E-state index in [0.717, 1.165) is 24.1 Å². The molecular weight excluding hydrogens is 370 g/mol. The number of nitrogens with one attached hydrogen (secondary N) is 1. The topological polar surface area (TPSA) is 78.8 Å². The van der Waals surface area contributed by atoms with Crippen LogP contribution < -0.4 is 5.43 Å². The van der Waals surface area contributed by atoms with Crippen LogP contribution in [0.3, 0.4) is 0 Å². The lowest BCUT2D eigenvalue weighted by Gasteiger charge is -2.25. The van der Waals surface area contributed by atoms with Gasteiger partial charge < -0.3 is 0 Å². The largest absolute Gasteiger partial charge is 0.271 e. The molecular formula is C18H21N3O3S2. The molecule has 0 radical (unpaired) electrons. The molecule has 1 aromatic heterocycles. The van der Waals surface area contributed by atoms with Gasteiger partial charge in [0.15, 0.2) is 0 Å². The van der Waals surface area contributed by atoms with Gasteiger partial charge in [-0.05, 0) is 49.4 Å². The van der Waals surface area contributed by atoms with Gasteiger partial charge in [-0.25, -0.2) is 13.8 Å². The Labute approximate surface area is 157 Å². The van der Waals surface area contributed by atoms with Crippen LogP contribution in [0.5, 0.6) is 0 Å². The van der Waals surface area contributed by atoms with E-state index in [1.54, 1.807) is 12.1 Å². The summed E-state index contributed by atoms with van der Waals surface area (Å²) in [5, 5.41) is 6.03. The van der Waals surface area contributed by atoms with Gasteiger partial charge in [-0.2, -0.15) is 9.41 Å². The summed E-state index contributed by atoms with van der Waals surface area (Å²) in [5.41, 5.74) is 3.46.